The van der Waals surface area contributed by atoms with E-state index in [2.05, 4.69) is 0 Å². The summed E-state index contributed by atoms with van der Waals surface area (Å²) < 4.78 is 6.24. The molecule has 1 rings (SSSR count). The van der Waals surface area contributed by atoms with Crippen molar-refractivity contribution >= 4 is 17.3 Å². The molecular formula is C8H11NO3S. The molecule has 0 atom stereocenters. The van der Waals surface area contributed by atoms with Crippen LogP contribution in [-0.4, -0.2) is 17.1 Å². The van der Waals surface area contributed by atoms with Crippen LogP contribution in [0.15, 0.2) is 4.79 Å². The van der Waals surface area contributed by atoms with Gasteiger partial charge in [0.1, 0.15) is 4.88 Å². The third-order valence-electron chi connectivity index (χ3n) is 1.76. The zero-order valence-corrected chi connectivity index (χ0v) is 8.60. The van der Waals surface area contributed by atoms with Crippen molar-refractivity contribution in [2.75, 3.05) is 6.61 Å². The standard InChI is InChI=1S/C8H11NO3S/c1-4-12-7(10)6-5(2)9(3)8(11)13-6/h4H2,1-3H3. The molecule has 0 aliphatic carbocycles. The first-order chi connectivity index (χ1) is 6.07. The first-order valence-corrected chi connectivity index (χ1v) is 4.73. The summed E-state index contributed by atoms with van der Waals surface area (Å²) >= 11 is 0.922. The molecule has 0 N–H and O–H groups in total. The fraction of sp³-hybridized carbons (Fsp3) is 0.500. The lowest BCUT2D eigenvalue weighted by Crippen LogP contribution is -2.09. The van der Waals surface area contributed by atoms with Crippen LogP contribution in [0.2, 0.25) is 0 Å². The lowest BCUT2D eigenvalue weighted by atomic mass is 10.4. The summed E-state index contributed by atoms with van der Waals surface area (Å²) in [6.07, 6.45) is 0. The number of nitrogens with zero attached hydrogens (tertiary/aromatic N) is 1. The molecule has 0 radical (unpaired) electrons. The molecule has 1 heterocycles. The van der Waals surface area contributed by atoms with Gasteiger partial charge in [0, 0.05) is 12.7 Å². The predicted octanol–water partition coefficient (Wildman–Crippen LogP) is 0.932. The minimum Gasteiger partial charge on any atom is -0.462 e. The molecule has 0 fully saturated rings. The summed E-state index contributed by atoms with van der Waals surface area (Å²) in [5.74, 6) is -0.414. The number of aromatic nitrogens is 1. The van der Waals surface area contributed by atoms with Gasteiger partial charge in [-0.1, -0.05) is 11.3 Å². The van der Waals surface area contributed by atoms with Crippen molar-refractivity contribution in [3.63, 3.8) is 0 Å². The van der Waals surface area contributed by atoms with Crippen LogP contribution in [-0.2, 0) is 11.8 Å². The molecule has 1 aromatic heterocycles. The Bertz CT molecular complexity index is 377. The van der Waals surface area contributed by atoms with E-state index in [1.807, 2.05) is 0 Å². The number of ether oxygens (including phenoxy) is 1. The van der Waals surface area contributed by atoms with E-state index in [0.717, 1.165) is 11.3 Å². The van der Waals surface area contributed by atoms with Crippen LogP contribution in [0.3, 0.4) is 0 Å². The van der Waals surface area contributed by atoms with Crippen LogP contribution in [0.1, 0.15) is 22.3 Å². The highest BCUT2D eigenvalue weighted by molar-refractivity contribution is 7.11. The number of thiazole rings is 1. The average Bonchev–Trinajstić information content (AvgIpc) is 2.33. The van der Waals surface area contributed by atoms with Gasteiger partial charge in [0.25, 0.3) is 0 Å². The lowest BCUT2D eigenvalue weighted by molar-refractivity contribution is 0.0530. The van der Waals surface area contributed by atoms with E-state index in [0.29, 0.717) is 17.2 Å². The van der Waals surface area contributed by atoms with E-state index in [1.165, 1.54) is 4.57 Å². The maximum Gasteiger partial charge on any atom is 0.350 e. The molecule has 0 bridgehead atoms. The average molecular weight is 201 g/mol. The van der Waals surface area contributed by atoms with Crippen molar-refractivity contribution in [2.45, 2.75) is 13.8 Å². The molecule has 0 aromatic carbocycles. The maximum atomic E-state index is 11.3. The molecule has 0 aliphatic heterocycles. The van der Waals surface area contributed by atoms with Gasteiger partial charge in [-0.05, 0) is 13.8 Å². The van der Waals surface area contributed by atoms with Gasteiger partial charge < -0.3 is 9.30 Å². The van der Waals surface area contributed by atoms with E-state index in [9.17, 15) is 9.59 Å². The van der Waals surface area contributed by atoms with Gasteiger partial charge in [-0.15, -0.1) is 0 Å². The van der Waals surface area contributed by atoms with Crippen LogP contribution < -0.4 is 4.87 Å². The van der Waals surface area contributed by atoms with Crippen LogP contribution >= 0.6 is 11.3 Å². The Labute approximate surface area is 79.8 Å². The third-order valence-corrected chi connectivity index (χ3v) is 2.87. The topological polar surface area (TPSA) is 48.3 Å². The molecular weight excluding hydrogens is 190 g/mol. The van der Waals surface area contributed by atoms with Crippen LogP contribution in [0.4, 0.5) is 0 Å². The maximum absolute atomic E-state index is 11.3. The molecule has 0 saturated carbocycles. The molecule has 0 spiro atoms. The molecule has 0 unspecified atom stereocenters. The normalized spacial score (nSPS) is 10.1. The molecule has 1 aromatic rings. The van der Waals surface area contributed by atoms with E-state index in [-0.39, 0.29) is 4.87 Å². The lowest BCUT2D eigenvalue weighted by Gasteiger charge is -1.99. The summed E-state index contributed by atoms with van der Waals surface area (Å²) in [6.45, 7) is 3.79. The Morgan fingerprint density at radius 2 is 2.23 bits per heavy atom. The van der Waals surface area contributed by atoms with Gasteiger partial charge in [-0.3, -0.25) is 4.79 Å². The van der Waals surface area contributed by atoms with Gasteiger partial charge in [-0.25, -0.2) is 4.79 Å². The first-order valence-electron chi connectivity index (χ1n) is 3.91. The smallest absolute Gasteiger partial charge is 0.350 e. The SMILES string of the molecule is CCOC(=O)c1sc(=O)n(C)c1C. The number of carbonyl (C=O) groups is 1. The molecule has 4 nitrogen and oxygen atoms in total. The number of esters is 1. The highest BCUT2D eigenvalue weighted by Gasteiger charge is 2.16. The van der Waals surface area contributed by atoms with Crippen molar-refractivity contribution < 1.29 is 9.53 Å². The highest BCUT2D eigenvalue weighted by atomic mass is 32.1. The Hall–Kier alpha value is -1.10. The highest BCUT2D eigenvalue weighted by Crippen LogP contribution is 2.11. The van der Waals surface area contributed by atoms with Gasteiger partial charge in [0.2, 0.25) is 0 Å². The Morgan fingerprint density at radius 3 is 2.62 bits per heavy atom. The minimum absolute atomic E-state index is 0.138. The predicted molar refractivity (Wildman–Crippen MR) is 50.3 cm³/mol. The van der Waals surface area contributed by atoms with Crippen LogP contribution in [0.25, 0.3) is 0 Å². The summed E-state index contributed by atoms with van der Waals surface area (Å²) in [4.78, 5) is 22.7. The van der Waals surface area contributed by atoms with Crippen molar-refractivity contribution in [1.29, 1.82) is 0 Å². The molecule has 72 valence electrons. The van der Waals surface area contributed by atoms with E-state index >= 15 is 0 Å². The van der Waals surface area contributed by atoms with E-state index in [1.54, 1.807) is 20.9 Å². The van der Waals surface area contributed by atoms with Crippen molar-refractivity contribution in [3.8, 4) is 0 Å². The van der Waals surface area contributed by atoms with E-state index in [4.69, 9.17) is 4.74 Å². The largest absolute Gasteiger partial charge is 0.462 e. The second-order valence-corrected chi connectivity index (χ2v) is 3.52. The number of rotatable bonds is 2. The second kappa shape index (κ2) is 3.74. The Balaban J connectivity index is 3.09. The Morgan fingerprint density at radius 1 is 1.62 bits per heavy atom. The summed E-state index contributed by atoms with van der Waals surface area (Å²) in [6, 6.07) is 0. The van der Waals surface area contributed by atoms with Crippen molar-refractivity contribution in [2.24, 2.45) is 7.05 Å². The fourth-order valence-corrected chi connectivity index (χ4v) is 1.78. The van der Waals surface area contributed by atoms with E-state index < -0.39 is 5.97 Å². The summed E-state index contributed by atoms with van der Waals surface area (Å²) in [5.41, 5.74) is 0.661. The van der Waals surface area contributed by atoms with Crippen molar-refractivity contribution in [3.05, 3.63) is 20.2 Å². The molecule has 0 amide bonds. The number of hydrogen-bond donors (Lipinski definition) is 0. The van der Waals surface area contributed by atoms with Gasteiger partial charge >= 0.3 is 10.8 Å². The zero-order chi connectivity index (χ0) is 10.0. The number of carbonyl (C=O) groups excluding carboxylic acids is 1. The molecule has 13 heavy (non-hydrogen) atoms. The second-order valence-electron chi connectivity index (χ2n) is 2.56. The molecule has 5 heteroatoms. The molecule has 0 saturated heterocycles. The monoisotopic (exact) mass is 201 g/mol. The van der Waals surface area contributed by atoms with Gasteiger partial charge in [0.05, 0.1) is 6.61 Å². The van der Waals surface area contributed by atoms with Crippen molar-refractivity contribution in [1.82, 2.24) is 4.57 Å². The summed E-state index contributed by atoms with van der Waals surface area (Å²) in [5, 5.41) is 0. The van der Waals surface area contributed by atoms with Crippen LogP contribution in [0.5, 0.6) is 0 Å². The first kappa shape index (κ1) is 9.98. The zero-order valence-electron chi connectivity index (χ0n) is 7.79. The summed E-state index contributed by atoms with van der Waals surface area (Å²) in [7, 11) is 1.64. The molecule has 0 aliphatic rings. The fourth-order valence-electron chi connectivity index (χ4n) is 0.905. The minimum atomic E-state index is -0.414. The Kier molecular flexibility index (Phi) is 2.87. The quantitative estimate of drug-likeness (QED) is 0.669. The third kappa shape index (κ3) is 1.80. The number of hydrogen-bond acceptors (Lipinski definition) is 4. The van der Waals surface area contributed by atoms with Gasteiger partial charge in [0.15, 0.2) is 0 Å². The van der Waals surface area contributed by atoms with Crippen LogP contribution in [0, 0.1) is 6.92 Å². The van der Waals surface area contributed by atoms with Gasteiger partial charge in [-0.2, -0.15) is 0 Å².